The molecule has 0 atom stereocenters. The molecule has 6 heteroatoms. The number of nitrogens with one attached hydrogen (secondary N) is 1. The average Bonchev–Trinajstić information content (AvgIpc) is 2.61. The number of carboxylic acids is 1. The Balaban J connectivity index is 2.28. The van der Waals surface area contributed by atoms with Gasteiger partial charge in [0.1, 0.15) is 5.70 Å². The van der Waals surface area contributed by atoms with Crippen LogP contribution in [0.3, 0.4) is 0 Å². The van der Waals surface area contributed by atoms with Gasteiger partial charge in [-0.1, -0.05) is 23.8 Å². The summed E-state index contributed by atoms with van der Waals surface area (Å²) in [6, 6.07) is 11.8. The van der Waals surface area contributed by atoms with Crippen molar-refractivity contribution >= 4 is 18.0 Å². The third kappa shape index (κ3) is 4.60. The van der Waals surface area contributed by atoms with Crippen LogP contribution in [0, 0.1) is 6.92 Å². The number of rotatable bonds is 6. The van der Waals surface area contributed by atoms with Gasteiger partial charge in [-0.3, -0.25) is 4.79 Å². The predicted molar refractivity (Wildman–Crippen MR) is 93.8 cm³/mol. The normalized spacial score (nSPS) is 10.9. The van der Waals surface area contributed by atoms with Gasteiger partial charge in [0.25, 0.3) is 5.91 Å². The number of carboxylic acid groups (broad SMARTS) is 1. The Bertz CT molecular complexity index is 809. The molecule has 0 radical (unpaired) electrons. The van der Waals surface area contributed by atoms with Gasteiger partial charge in [-0.25, -0.2) is 4.79 Å². The van der Waals surface area contributed by atoms with Crippen molar-refractivity contribution in [1.82, 2.24) is 5.32 Å². The lowest BCUT2D eigenvalue weighted by Gasteiger charge is -2.09. The number of carbonyl (C=O) groups is 2. The zero-order chi connectivity index (χ0) is 18.4. The van der Waals surface area contributed by atoms with Crippen molar-refractivity contribution < 1.29 is 24.2 Å². The van der Waals surface area contributed by atoms with E-state index in [1.165, 1.54) is 20.3 Å². The highest BCUT2D eigenvalue weighted by molar-refractivity contribution is 6.02. The molecule has 2 rings (SSSR count). The maximum absolute atomic E-state index is 12.2. The highest BCUT2D eigenvalue weighted by Gasteiger charge is 2.14. The Morgan fingerprint density at radius 1 is 1.00 bits per heavy atom. The molecule has 0 saturated carbocycles. The van der Waals surface area contributed by atoms with Gasteiger partial charge in [-0.05, 0) is 42.8 Å². The molecule has 0 saturated heterocycles. The molecule has 0 bridgehead atoms. The third-order valence-electron chi connectivity index (χ3n) is 3.51. The van der Waals surface area contributed by atoms with Crippen molar-refractivity contribution in [1.29, 1.82) is 0 Å². The molecule has 0 unspecified atom stereocenters. The number of aliphatic carboxylic acids is 1. The summed E-state index contributed by atoms with van der Waals surface area (Å²) in [6.07, 6.45) is 1.36. The number of methoxy groups -OCH3 is 2. The van der Waals surface area contributed by atoms with Gasteiger partial charge < -0.3 is 19.9 Å². The first-order valence-corrected chi connectivity index (χ1v) is 7.49. The van der Waals surface area contributed by atoms with Gasteiger partial charge in [-0.15, -0.1) is 0 Å². The number of hydrogen-bond donors (Lipinski definition) is 2. The molecule has 2 aromatic carbocycles. The van der Waals surface area contributed by atoms with Crippen molar-refractivity contribution in [2.45, 2.75) is 6.92 Å². The molecular formula is C19H19NO5. The maximum Gasteiger partial charge on any atom is 0.352 e. The second kappa shape index (κ2) is 8.01. The van der Waals surface area contributed by atoms with Crippen LogP contribution < -0.4 is 14.8 Å². The van der Waals surface area contributed by atoms with E-state index in [4.69, 9.17) is 9.47 Å². The van der Waals surface area contributed by atoms with Crippen molar-refractivity contribution in [3.8, 4) is 11.5 Å². The van der Waals surface area contributed by atoms with Gasteiger partial charge >= 0.3 is 5.97 Å². The molecule has 0 heterocycles. The second-order valence-corrected chi connectivity index (χ2v) is 5.30. The number of amides is 1. The molecule has 2 N–H and O–H groups in total. The molecule has 1 amide bonds. The van der Waals surface area contributed by atoms with Gasteiger partial charge in [0.2, 0.25) is 0 Å². The second-order valence-electron chi connectivity index (χ2n) is 5.30. The average molecular weight is 341 g/mol. The van der Waals surface area contributed by atoms with Crippen LogP contribution in [-0.2, 0) is 4.79 Å². The minimum Gasteiger partial charge on any atom is -0.493 e. The van der Waals surface area contributed by atoms with Crippen LogP contribution in [0.1, 0.15) is 21.5 Å². The molecule has 0 aliphatic heterocycles. The van der Waals surface area contributed by atoms with Gasteiger partial charge in [0.05, 0.1) is 14.2 Å². The van der Waals surface area contributed by atoms with Crippen LogP contribution >= 0.6 is 0 Å². The van der Waals surface area contributed by atoms with Crippen molar-refractivity contribution in [2.75, 3.05) is 14.2 Å². The van der Waals surface area contributed by atoms with Crippen molar-refractivity contribution in [3.63, 3.8) is 0 Å². The third-order valence-corrected chi connectivity index (χ3v) is 3.51. The maximum atomic E-state index is 12.2. The van der Waals surface area contributed by atoms with Crippen LogP contribution in [0.25, 0.3) is 6.08 Å². The van der Waals surface area contributed by atoms with Crippen molar-refractivity contribution in [2.24, 2.45) is 0 Å². The van der Waals surface area contributed by atoms with E-state index < -0.39 is 11.9 Å². The molecule has 130 valence electrons. The molecule has 0 aliphatic rings. The SMILES string of the molecule is COc1ccc(/C=C(\NC(=O)c2ccc(C)cc2)C(=O)O)cc1OC. The summed E-state index contributed by atoms with van der Waals surface area (Å²) in [4.78, 5) is 23.7. The minimum absolute atomic E-state index is 0.238. The largest absolute Gasteiger partial charge is 0.493 e. The summed E-state index contributed by atoms with van der Waals surface area (Å²) in [7, 11) is 3.00. The fourth-order valence-electron chi connectivity index (χ4n) is 2.16. The van der Waals surface area contributed by atoms with Crippen LogP contribution in [0.15, 0.2) is 48.2 Å². The fourth-order valence-corrected chi connectivity index (χ4v) is 2.16. The van der Waals surface area contributed by atoms with E-state index in [-0.39, 0.29) is 5.70 Å². The summed E-state index contributed by atoms with van der Waals surface area (Å²) < 4.78 is 10.3. The molecule has 0 fully saturated rings. The molecule has 25 heavy (non-hydrogen) atoms. The van der Waals surface area contributed by atoms with E-state index in [0.717, 1.165) is 5.56 Å². The predicted octanol–water partition coefficient (Wildman–Crippen LogP) is 2.87. The Hall–Kier alpha value is -3.28. The van der Waals surface area contributed by atoms with Gasteiger partial charge in [-0.2, -0.15) is 0 Å². The number of aryl methyl sites for hydroxylation is 1. The monoisotopic (exact) mass is 341 g/mol. The summed E-state index contributed by atoms with van der Waals surface area (Å²) in [5.74, 6) is -0.740. The zero-order valence-electron chi connectivity index (χ0n) is 14.2. The van der Waals surface area contributed by atoms with E-state index in [1.807, 2.05) is 6.92 Å². The first-order chi connectivity index (χ1) is 11.9. The molecule has 0 aromatic heterocycles. The number of hydrogen-bond acceptors (Lipinski definition) is 4. The summed E-state index contributed by atoms with van der Waals surface area (Å²) in [5.41, 5.74) is 1.71. The lowest BCUT2D eigenvalue weighted by atomic mass is 10.1. The standard InChI is InChI=1S/C19H19NO5/c1-12-4-7-14(8-5-12)18(21)20-15(19(22)23)10-13-6-9-16(24-2)17(11-13)25-3/h4-11H,1-3H3,(H,20,21)(H,22,23)/b15-10-. The molecule has 0 spiro atoms. The highest BCUT2D eigenvalue weighted by Crippen LogP contribution is 2.28. The molecule has 0 aliphatic carbocycles. The Morgan fingerprint density at radius 2 is 1.64 bits per heavy atom. The topological polar surface area (TPSA) is 84.9 Å². The molecule has 2 aromatic rings. The summed E-state index contributed by atoms with van der Waals surface area (Å²) in [5, 5.41) is 11.8. The van der Waals surface area contributed by atoms with E-state index in [0.29, 0.717) is 22.6 Å². The Labute approximate surface area is 145 Å². The fraction of sp³-hybridized carbons (Fsp3) is 0.158. The Morgan fingerprint density at radius 3 is 2.20 bits per heavy atom. The minimum atomic E-state index is -1.24. The first kappa shape index (κ1) is 18.1. The van der Waals surface area contributed by atoms with Crippen LogP contribution in [0.5, 0.6) is 11.5 Å². The number of benzene rings is 2. The lowest BCUT2D eigenvalue weighted by Crippen LogP contribution is -2.27. The lowest BCUT2D eigenvalue weighted by molar-refractivity contribution is -0.132. The van der Waals surface area contributed by atoms with E-state index >= 15 is 0 Å². The zero-order valence-corrected chi connectivity index (χ0v) is 14.2. The van der Waals surface area contributed by atoms with E-state index in [1.54, 1.807) is 42.5 Å². The Kier molecular flexibility index (Phi) is 5.79. The van der Waals surface area contributed by atoms with Crippen LogP contribution in [0.4, 0.5) is 0 Å². The highest BCUT2D eigenvalue weighted by atomic mass is 16.5. The van der Waals surface area contributed by atoms with Gasteiger partial charge in [0, 0.05) is 5.56 Å². The number of ether oxygens (including phenoxy) is 2. The van der Waals surface area contributed by atoms with E-state index in [2.05, 4.69) is 5.32 Å². The van der Waals surface area contributed by atoms with Crippen LogP contribution in [0.2, 0.25) is 0 Å². The molecular weight excluding hydrogens is 322 g/mol. The first-order valence-electron chi connectivity index (χ1n) is 7.49. The quantitative estimate of drug-likeness (QED) is 0.789. The van der Waals surface area contributed by atoms with E-state index in [9.17, 15) is 14.7 Å². The number of carbonyl (C=O) groups excluding carboxylic acids is 1. The summed E-state index contributed by atoms with van der Waals surface area (Å²) >= 11 is 0. The summed E-state index contributed by atoms with van der Waals surface area (Å²) in [6.45, 7) is 1.90. The molecule has 6 nitrogen and oxygen atoms in total. The van der Waals surface area contributed by atoms with Crippen molar-refractivity contribution in [3.05, 3.63) is 64.9 Å². The van der Waals surface area contributed by atoms with Crippen LogP contribution in [-0.4, -0.2) is 31.2 Å². The smallest absolute Gasteiger partial charge is 0.352 e. The van der Waals surface area contributed by atoms with Gasteiger partial charge in [0.15, 0.2) is 11.5 Å².